The highest BCUT2D eigenvalue weighted by molar-refractivity contribution is 7.91. The zero-order chi connectivity index (χ0) is 14.5. The van der Waals surface area contributed by atoms with Crippen LogP contribution in [0.25, 0.3) is 10.4 Å². The number of sulfonamides is 1. The summed E-state index contributed by atoms with van der Waals surface area (Å²) in [7, 11) is -3.84. The fourth-order valence-corrected chi connectivity index (χ4v) is 3.85. The lowest BCUT2D eigenvalue weighted by Crippen LogP contribution is -2.24. The van der Waals surface area contributed by atoms with E-state index in [-0.39, 0.29) is 21.6 Å². The Morgan fingerprint density at radius 1 is 1.63 bits per heavy atom. The third-order valence-corrected chi connectivity index (χ3v) is 5.17. The van der Waals surface area contributed by atoms with E-state index in [0.29, 0.717) is 17.8 Å². The molecule has 104 valence electrons. The van der Waals surface area contributed by atoms with Gasteiger partial charge < -0.3 is 0 Å². The van der Waals surface area contributed by atoms with Gasteiger partial charge in [0.2, 0.25) is 10.0 Å². The van der Waals surface area contributed by atoms with Gasteiger partial charge in [0.15, 0.2) is 4.34 Å². The first-order valence-electron chi connectivity index (χ1n) is 4.82. The largest absolute Gasteiger partial charge is 0.300 e. The monoisotopic (exact) mass is 325 g/mol. The average Bonchev–Trinajstić information content (AvgIpc) is 2.72. The quantitative estimate of drug-likeness (QED) is 0.205. The molecule has 0 saturated heterocycles. The van der Waals surface area contributed by atoms with Crippen molar-refractivity contribution in [2.75, 3.05) is 13.1 Å². The predicted octanol–water partition coefficient (Wildman–Crippen LogP) is 2.29. The summed E-state index contributed by atoms with van der Waals surface area (Å²) in [6.45, 7) is 0.217. The van der Waals surface area contributed by atoms with E-state index in [9.17, 15) is 18.5 Å². The first-order valence-corrected chi connectivity index (χ1v) is 7.50. The fourth-order valence-electron chi connectivity index (χ4n) is 1.07. The first kappa shape index (κ1) is 15.7. The molecule has 1 aromatic heterocycles. The lowest BCUT2D eigenvalue weighted by atomic mass is 10.4. The molecule has 0 fully saturated rings. The van der Waals surface area contributed by atoms with Gasteiger partial charge >= 0.3 is 0 Å². The highest BCUT2D eigenvalue weighted by atomic mass is 35.5. The Kier molecular flexibility index (Phi) is 5.51. The minimum atomic E-state index is -3.84. The lowest BCUT2D eigenvalue weighted by molar-refractivity contribution is -0.384. The molecule has 0 aliphatic carbocycles. The van der Waals surface area contributed by atoms with E-state index in [1.165, 1.54) is 0 Å². The van der Waals surface area contributed by atoms with Crippen molar-refractivity contribution in [3.8, 4) is 0 Å². The number of thiophene rings is 1. The minimum absolute atomic E-state index is 0.0602. The van der Waals surface area contributed by atoms with Gasteiger partial charge in [0.25, 0.3) is 5.69 Å². The Balaban J connectivity index is 2.75. The van der Waals surface area contributed by atoms with E-state index in [1.807, 2.05) is 0 Å². The van der Waals surface area contributed by atoms with Crippen LogP contribution >= 0.6 is 22.9 Å². The van der Waals surface area contributed by atoms with Crippen molar-refractivity contribution in [1.82, 2.24) is 4.72 Å². The Morgan fingerprint density at radius 3 is 2.84 bits per heavy atom. The zero-order valence-electron chi connectivity index (χ0n) is 9.31. The number of hydrogen-bond acceptors (Lipinski definition) is 6. The molecule has 0 radical (unpaired) electrons. The number of nitrogens with zero attached hydrogens (tertiary/aromatic N) is 4. The van der Waals surface area contributed by atoms with Gasteiger partial charge in [-0.05, 0) is 12.0 Å². The van der Waals surface area contributed by atoms with E-state index in [0.717, 1.165) is 6.07 Å². The standard InChI is InChI=1S/C7H8ClN5O4S2/c8-7-5(13(14)15)4-6(18-7)19(16,17)11-3-1-2-10-12-9/h4,11H,1-3H2. The molecule has 0 saturated carbocycles. The summed E-state index contributed by atoms with van der Waals surface area (Å²) in [5.41, 5.74) is 7.59. The lowest BCUT2D eigenvalue weighted by Gasteiger charge is -2.02. The van der Waals surface area contributed by atoms with Crippen LogP contribution in [0.2, 0.25) is 4.34 Å². The molecule has 1 N–H and O–H groups in total. The van der Waals surface area contributed by atoms with Gasteiger partial charge in [-0.3, -0.25) is 10.1 Å². The van der Waals surface area contributed by atoms with Crippen LogP contribution in [-0.2, 0) is 10.0 Å². The Hall–Kier alpha value is -1.39. The molecule has 0 aliphatic rings. The van der Waals surface area contributed by atoms with E-state index < -0.39 is 20.6 Å². The molecule has 0 atom stereocenters. The second-order valence-electron chi connectivity index (χ2n) is 3.19. The van der Waals surface area contributed by atoms with Crippen molar-refractivity contribution in [3.05, 3.63) is 31.0 Å². The maximum absolute atomic E-state index is 11.8. The number of rotatable bonds is 7. The molecule has 1 rings (SSSR count). The van der Waals surface area contributed by atoms with Crippen LogP contribution in [0.5, 0.6) is 0 Å². The third-order valence-electron chi connectivity index (χ3n) is 1.90. The van der Waals surface area contributed by atoms with Crippen LogP contribution < -0.4 is 4.72 Å². The molecule has 1 aromatic rings. The third kappa shape index (κ3) is 4.33. The van der Waals surface area contributed by atoms with Gasteiger partial charge in [-0.15, -0.1) is 11.3 Å². The zero-order valence-corrected chi connectivity index (χ0v) is 11.7. The number of hydrogen-bond donors (Lipinski definition) is 1. The van der Waals surface area contributed by atoms with Crippen LogP contribution in [0, 0.1) is 10.1 Å². The van der Waals surface area contributed by atoms with Gasteiger partial charge in [0, 0.05) is 24.1 Å². The molecule has 0 bridgehead atoms. The van der Waals surface area contributed by atoms with Crippen LogP contribution in [0.15, 0.2) is 15.4 Å². The molecule has 1 heterocycles. The summed E-state index contributed by atoms with van der Waals surface area (Å²) >= 11 is 6.19. The molecule has 9 nitrogen and oxygen atoms in total. The Labute approximate surface area is 117 Å². The first-order chi connectivity index (χ1) is 8.88. The summed E-state index contributed by atoms with van der Waals surface area (Å²) in [5, 5.41) is 13.8. The SMILES string of the molecule is [N-]=[N+]=NCCCNS(=O)(=O)c1cc([N+](=O)[O-])c(Cl)s1. The number of nitro groups is 1. The van der Waals surface area contributed by atoms with Crippen molar-refractivity contribution in [2.24, 2.45) is 5.11 Å². The van der Waals surface area contributed by atoms with Crippen LogP contribution in [0.1, 0.15) is 6.42 Å². The summed E-state index contributed by atoms with van der Waals surface area (Å²) in [6.07, 6.45) is 0.324. The van der Waals surface area contributed by atoms with Crippen molar-refractivity contribution < 1.29 is 13.3 Å². The Bertz CT molecular complexity index is 621. The summed E-state index contributed by atoms with van der Waals surface area (Å²) in [6, 6.07) is 0.906. The number of halogens is 1. The predicted molar refractivity (Wildman–Crippen MR) is 69.8 cm³/mol. The second kappa shape index (κ2) is 6.68. The van der Waals surface area contributed by atoms with E-state index in [2.05, 4.69) is 14.7 Å². The highest BCUT2D eigenvalue weighted by Crippen LogP contribution is 2.35. The van der Waals surface area contributed by atoms with Gasteiger partial charge in [0.1, 0.15) is 4.21 Å². The van der Waals surface area contributed by atoms with Crippen molar-refractivity contribution in [1.29, 1.82) is 0 Å². The fraction of sp³-hybridized carbons (Fsp3) is 0.429. The molecule has 0 unspecified atom stereocenters. The smallest absolute Gasteiger partial charge is 0.258 e. The van der Waals surface area contributed by atoms with Crippen LogP contribution in [-0.4, -0.2) is 26.4 Å². The maximum atomic E-state index is 11.8. The van der Waals surface area contributed by atoms with E-state index in [1.54, 1.807) is 0 Å². The van der Waals surface area contributed by atoms with Gasteiger partial charge in [-0.1, -0.05) is 16.7 Å². The minimum Gasteiger partial charge on any atom is -0.258 e. The number of azide groups is 1. The second-order valence-corrected chi connectivity index (χ2v) is 6.84. The molecule has 0 spiro atoms. The maximum Gasteiger partial charge on any atom is 0.300 e. The van der Waals surface area contributed by atoms with Gasteiger partial charge in [-0.25, -0.2) is 13.1 Å². The van der Waals surface area contributed by atoms with Gasteiger partial charge in [-0.2, -0.15) is 0 Å². The van der Waals surface area contributed by atoms with Crippen molar-refractivity contribution >= 4 is 38.6 Å². The summed E-state index contributed by atoms with van der Waals surface area (Å²) < 4.78 is 25.3. The molecular formula is C7H8ClN5O4S2. The van der Waals surface area contributed by atoms with E-state index in [4.69, 9.17) is 17.1 Å². The summed E-state index contributed by atoms with van der Waals surface area (Å²) in [5.74, 6) is 0. The summed E-state index contributed by atoms with van der Waals surface area (Å²) in [4.78, 5) is 12.3. The van der Waals surface area contributed by atoms with Crippen LogP contribution in [0.3, 0.4) is 0 Å². The molecule has 0 aliphatic heterocycles. The van der Waals surface area contributed by atoms with Crippen LogP contribution in [0.4, 0.5) is 5.69 Å². The van der Waals surface area contributed by atoms with E-state index >= 15 is 0 Å². The van der Waals surface area contributed by atoms with Crippen molar-refractivity contribution in [3.63, 3.8) is 0 Å². The van der Waals surface area contributed by atoms with Crippen molar-refractivity contribution in [2.45, 2.75) is 10.6 Å². The topological polar surface area (TPSA) is 138 Å². The molecule has 12 heteroatoms. The van der Waals surface area contributed by atoms with Gasteiger partial charge in [0.05, 0.1) is 4.92 Å². The molecule has 0 aromatic carbocycles. The highest BCUT2D eigenvalue weighted by Gasteiger charge is 2.24. The number of nitrogens with one attached hydrogen (secondary N) is 1. The molecular weight excluding hydrogens is 318 g/mol. The molecule has 0 amide bonds. The molecule has 19 heavy (non-hydrogen) atoms. The Morgan fingerprint density at radius 2 is 2.32 bits per heavy atom. The average molecular weight is 326 g/mol. The normalized spacial score (nSPS) is 11.0.